The number of piperidine rings is 1. The van der Waals surface area contributed by atoms with Crippen LogP contribution in [0.3, 0.4) is 0 Å². The maximum absolute atomic E-state index is 14.7. The summed E-state index contributed by atoms with van der Waals surface area (Å²) in [6, 6.07) is 15.3. The Labute approximate surface area is 426 Å². The first-order valence-electron chi connectivity index (χ1n) is 26.3. The molecule has 3 aromatic rings. The van der Waals surface area contributed by atoms with Crippen LogP contribution in [0.5, 0.6) is 5.75 Å². The standard InChI is InChI=1S/C58H80N2O12/c1-11-40-26-34(2)25-35(3)27-51(68-9)54-52(69-10)29-37(5)58(66,72-54)55(63)56(64)60-24-16-15-19-46(60)57(65)71-53(38(6)47(61)32-48(40)62)36(4)28-39-20-23-49(50(30-39)67-8)70-42-21-22-45-43(31-42)44(33-59(45)7)41-17-13-12-14-18-41/h12-14,17-18,21-22,26,28,31,33,35,37-40,46-47,49-54,61,66H,11,15-16,19-20,23-25,27,29-30,32H2,1-10H3/b34-26+,36-28?. The molecule has 1 saturated carbocycles. The van der Waals surface area contributed by atoms with Crippen molar-refractivity contribution in [3.63, 3.8) is 0 Å². The first kappa shape index (κ1) is 55.1. The van der Waals surface area contributed by atoms with Crippen LogP contribution in [0.25, 0.3) is 22.0 Å². The molecule has 4 aliphatic rings. The molecule has 4 heterocycles. The number of carbonyl (C=O) groups is 4. The maximum atomic E-state index is 14.7. The van der Waals surface area contributed by atoms with E-state index in [0.717, 1.165) is 39.8 Å². The molecule has 3 aliphatic heterocycles. The first-order valence-corrected chi connectivity index (χ1v) is 26.3. The Kier molecular flexibility index (Phi) is 18.4. The van der Waals surface area contributed by atoms with Gasteiger partial charge in [-0.3, -0.25) is 14.4 Å². The highest BCUT2D eigenvalue weighted by molar-refractivity contribution is 6.39. The number of aromatic nitrogens is 1. The van der Waals surface area contributed by atoms with E-state index in [1.807, 2.05) is 58.2 Å². The molecule has 1 aliphatic carbocycles. The normalized spacial score (nSPS) is 34.9. The number of nitrogens with zero attached hydrogens (tertiary/aromatic N) is 2. The molecular formula is C58H80N2O12. The number of rotatable bonds is 9. The number of aryl methyl sites for hydroxylation is 1. The van der Waals surface area contributed by atoms with Crippen LogP contribution < -0.4 is 4.74 Å². The molecule has 14 heteroatoms. The number of fused-ring (bicyclic) bond motifs is 4. The van der Waals surface area contributed by atoms with Crippen molar-refractivity contribution in [1.82, 2.24) is 9.47 Å². The van der Waals surface area contributed by atoms with E-state index >= 15 is 0 Å². The van der Waals surface area contributed by atoms with Gasteiger partial charge in [0.05, 0.1) is 24.4 Å². The minimum atomic E-state index is -2.52. The van der Waals surface area contributed by atoms with Gasteiger partial charge in [-0.2, -0.15) is 0 Å². The zero-order chi connectivity index (χ0) is 52.0. The number of Topliss-reactive ketones (excluding diaryl/α,β-unsaturated/α-hetero) is 2. The Bertz CT molecular complexity index is 2430. The van der Waals surface area contributed by atoms with Crippen LogP contribution in [0.2, 0.25) is 0 Å². The predicted molar refractivity (Wildman–Crippen MR) is 275 cm³/mol. The molecule has 2 N–H and O–H groups in total. The summed E-state index contributed by atoms with van der Waals surface area (Å²) in [6.45, 7) is 11.4. The molecule has 3 fully saturated rings. The van der Waals surface area contributed by atoms with Crippen LogP contribution in [-0.2, 0) is 49.9 Å². The Hall–Kier alpha value is -4.70. The van der Waals surface area contributed by atoms with Crippen molar-refractivity contribution in [1.29, 1.82) is 0 Å². The minimum Gasteiger partial charge on any atom is -0.488 e. The number of carbonyl (C=O) groups excluding carboxylic acids is 4. The molecule has 72 heavy (non-hydrogen) atoms. The van der Waals surface area contributed by atoms with Gasteiger partial charge in [0.2, 0.25) is 5.79 Å². The van der Waals surface area contributed by atoms with Crippen molar-refractivity contribution in [2.24, 2.45) is 36.6 Å². The SMILES string of the molecule is CCC1/C=C(\C)CC(C)CC(OC)C2OC(O)(C(=O)C(=O)N3CCCCC3C(=O)OC(C(C)=CC3CCC(Oc4ccc5c(c4)c(-c4ccccc4)cn5C)C(OC)C3)C(C)C(O)CC1=O)C(C)CC2OC. The molecule has 14 unspecified atom stereocenters. The average molecular weight is 997 g/mol. The van der Waals surface area contributed by atoms with Crippen molar-refractivity contribution in [2.75, 3.05) is 27.9 Å². The first-order chi connectivity index (χ1) is 34.4. The highest BCUT2D eigenvalue weighted by atomic mass is 16.7. The van der Waals surface area contributed by atoms with Crippen molar-refractivity contribution in [3.8, 4) is 16.9 Å². The molecule has 1 amide bonds. The third-order valence-electron chi connectivity index (χ3n) is 16.2. The second kappa shape index (κ2) is 24.1. The number of aliphatic hydroxyl groups excluding tert-OH is 1. The van der Waals surface area contributed by atoms with E-state index < -0.39 is 77.8 Å². The number of allylic oxidation sites excluding steroid dienone is 3. The second-order valence-corrected chi connectivity index (χ2v) is 21.4. The molecule has 2 bridgehead atoms. The summed E-state index contributed by atoms with van der Waals surface area (Å²) in [5.74, 6) is -6.80. The predicted octanol–water partition coefficient (Wildman–Crippen LogP) is 8.72. The van der Waals surface area contributed by atoms with Crippen molar-refractivity contribution in [2.45, 2.75) is 167 Å². The third-order valence-corrected chi connectivity index (χ3v) is 16.2. The number of aliphatic hydroxyl groups is 2. The fourth-order valence-corrected chi connectivity index (χ4v) is 12.0. The quantitative estimate of drug-likeness (QED) is 0.119. The number of cyclic esters (lactones) is 1. The van der Waals surface area contributed by atoms with Gasteiger partial charge in [0.1, 0.15) is 35.9 Å². The minimum absolute atomic E-state index is 0.00581. The van der Waals surface area contributed by atoms with Crippen LogP contribution in [0.1, 0.15) is 112 Å². The van der Waals surface area contributed by atoms with E-state index in [1.165, 1.54) is 4.90 Å². The zero-order valence-electron chi connectivity index (χ0n) is 44.2. The fraction of sp³-hybridized carbons (Fsp3) is 0.621. The molecule has 394 valence electrons. The summed E-state index contributed by atoms with van der Waals surface area (Å²) in [5.41, 5.74) is 5.04. The van der Waals surface area contributed by atoms with E-state index in [4.69, 9.17) is 28.4 Å². The molecule has 14 nitrogen and oxygen atoms in total. The summed E-state index contributed by atoms with van der Waals surface area (Å²) >= 11 is 0. The van der Waals surface area contributed by atoms with Gasteiger partial charge >= 0.3 is 5.97 Å². The molecule has 0 radical (unpaired) electrons. The van der Waals surface area contributed by atoms with Crippen LogP contribution in [0.15, 0.2) is 78.0 Å². The van der Waals surface area contributed by atoms with Gasteiger partial charge in [-0.05, 0) is 119 Å². The summed E-state index contributed by atoms with van der Waals surface area (Å²) in [4.78, 5) is 58.8. The van der Waals surface area contributed by atoms with Gasteiger partial charge in [-0.1, -0.05) is 75.8 Å². The summed E-state index contributed by atoms with van der Waals surface area (Å²) in [6.07, 6.45) is 6.58. The lowest BCUT2D eigenvalue weighted by Crippen LogP contribution is -2.64. The van der Waals surface area contributed by atoms with Crippen LogP contribution >= 0.6 is 0 Å². The monoisotopic (exact) mass is 997 g/mol. The molecule has 0 spiro atoms. The van der Waals surface area contributed by atoms with Gasteiger partial charge in [-0.25, -0.2) is 4.79 Å². The average Bonchev–Trinajstić information content (AvgIpc) is 3.71. The number of hydrogen-bond donors (Lipinski definition) is 2. The van der Waals surface area contributed by atoms with Gasteiger partial charge in [0.25, 0.3) is 11.7 Å². The van der Waals surface area contributed by atoms with Crippen molar-refractivity contribution in [3.05, 3.63) is 78.0 Å². The molecule has 2 saturated heterocycles. The number of hydrogen-bond acceptors (Lipinski definition) is 12. The van der Waals surface area contributed by atoms with Crippen LogP contribution in [0.4, 0.5) is 0 Å². The summed E-state index contributed by atoms with van der Waals surface area (Å²) in [5, 5.41) is 25.2. The van der Waals surface area contributed by atoms with Gasteiger partial charge in [-0.15, -0.1) is 0 Å². The van der Waals surface area contributed by atoms with E-state index in [1.54, 1.807) is 35.2 Å². The zero-order valence-corrected chi connectivity index (χ0v) is 44.2. The number of ether oxygens (including phenoxy) is 6. The summed E-state index contributed by atoms with van der Waals surface area (Å²) < 4.78 is 39.5. The largest absolute Gasteiger partial charge is 0.488 e. The molecular weight excluding hydrogens is 917 g/mol. The van der Waals surface area contributed by atoms with Crippen LogP contribution in [-0.4, -0.2) is 126 Å². The second-order valence-electron chi connectivity index (χ2n) is 21.4. The van der Waals surface area contributed by atoms with Crippen molar-refractivity contribution < 1.29 is 57.8 Å². The number of esters is 1. The lowest BCUT2D eigenvalue weighted by atomic mass is 9.81. The Balaban J connectivity index is 1.16. The highest BCUT2D eigenvalue weighted by Gasteiger charge is 2.56. The third kappa shape index (κ3) is 12.1. The molecule has 7 rings (SSSR count). The number of benzene rings is 2. The van der Waals surface area contributed by atoms with E-state index in [2.05, 4.69) is 48.0 Å². The Morgan fingerprint density at radius 1 is 0.875 bits per heavy atom. The number of methoxy groups -OCH3 is 3. The fourth-order valence-electron chi connectivity index (χ4n) is 12.0. The lowest BCUT2D eigenvalue weighted by Gasteiger charge is -2.47. The highest BCUT2D eigenvalue weighted by Crippen LogP contribution is 2.40. The lowest BCUT2D eigenvalue weighted by molar-refractivity contribution is -0.302. The van der Waals surface area contributed by atoms with E-state index in [9.17, 15) is 29.4 Å². The van der Waals surface area contributed by atoms with Gasteiger partial charge in [0, 0.05) is 81.8 Å². The Morgan fingerprint density at radius 2 is 1.58 bits per heavy atom. The van der Waals surface area contributed by atoms with Gasteiger partial charge in [0.15, 0.2) is 0 Å². The number of amides is 1. The molecule has 14 atom stereocenters. The summed E-state index contributed by atoms with van der Waals surface area (Å²) in [7, 11) is 6.82. The molecule has 1 aromatic heterocycles. The maximum Gasteiger partial charge on any atom is 0.329 e. The van der Waals surface area contributed by atoms with E-state index in [0.29, 0.717) is 50.5 Å². The smallest absolute Gasteiger partial charge is 0.329 e. The van der Waals surface area contributed by atoms with Gasteiger partial charge < -0.3 is 48.1 Å². The van der Waals surface area contributed by atoms with Crippen molar-refractivity contribution >= 4 is 34.3 Å². The Morgan fingerprint density at radius 3 is 2.28 bits per heavy atom. The molecule has 2 aromatic carbocycles. The van der Waals surface area contributed by atoms with Crippen LogP contribution in [0, 0.1) is 29.6 Å². The van der Waals surface area contributed by atoms with E-state index in [-0.39, 0.29) is 55.6 Å². The topological polar surface area (TPSA) is 172 Å². The number of ketones is 2.